The Bertz CT molecular complexity index is 678. The molecule has 0 bridgehead atoms. The second kappa shape index (κ2) is 5.67. The molecule has 1 aliphatic heterocycles. The fraction of sp³-hybridized carbons (Fsp3) is 0.294. The molecule has 1 atom stereocenters. The number of aromatic hydroxyl groups is 2. The highest BCUT2D eigenvalue weighted by Crippen LogP contribution is 2.42. The van der Waals surface area contributed by atoms with Crippen molar-refractivity contribution >= 4 is 0 Å². The molecule has 5 heteroatoms. The van der Waals surface area contributed by atoms with Crippen LogP contribution in [0.5, 0.6) is 28.7 Å². The van der Waals surface area contributed by atoms with Gasteiger partial charge >= 0.3 is 0 Å². The van der Waals surface area contributed by atoms with Gasteiger partial charge in [0.25, 0.3) is 0 Å². The van der Waals surface area contributed by atoms with Gasteiger partial charge in [-0.3, -0.25) is 0 Å². The Kier molecular flexibility index (Phi) is 3.71. The van der Waals surface area contributed by atoms with Crippen LogP contribution in [0.15, 0.2) is 30.3 Å². The van der Waals surface area contributed by atoms with Gasteiger partial charge < -0.3 is 24.4 Å². The summed E-state index contributed by atoms with van der Waals surface area (Å²) in [6.07, 6.45) is 0.681. The lowest BCUT2D eigenvalue weighted by Crippen LogP contribution is -2.20. The molecule has 22 heavy (non-hydrogen) atoms. The Labute approximate surface area is 128 Å². The first-order valence-electron chi connectivity index (χ1n) is 7.02. The van der Waals surface area contributed by atoms with Crippen molar-refractivity contribution in [3.63, 3.8) is 0 Å². The van der Waals surface area contributed by atoms with Gasteiger partial charge in [0.1, 0.15) is 28.7 Å². The molecule has 1 unspecified atom stereocenters. The van der Waals surface area contributed by atoms with Crippen LogP contribution in [0.3, 0.4) is 0 Å². The molecule has 0 fully saturated rings. The van der Waals surface area contributed by atoms with E-state index >= 15 is 0 Å². The predicted molar refractivity (Wildman–Crippen MR) is 81.3 cm³/mol. The van der Waals surface area contributed by atoms with E-state index in [0.717, 1.165) is 16.9 Å². The van der Waals surface area contributed by atoms with Crippen molar-refractivity contribution in [2.24, 2.45) is 0 Å². The van der Waals surface area contributed by atoms with Crippen LogP contribution in [0.25, 0.3) is 0 Å². The van der Waals surface area contributed by atoms with Crippen molar-refractivity contribution in [1.29, 1.82) is 0 Å². The van der Waals surface area contributed by atoms with Crippen molar-refractivity contribution in [1.82, 2.24) is 0 Å². The lowest BCUT2D eigenvalue weighted by molar-refractivity contribution is 0.252. The predicted octanol–water partition coefficient (Wildman–Crippen LogP) is 2.83. The molecule has 1 aliphatic rings. The highest BCUT2D eigenvalue weighted by atomic mass is 16.5. The van der Waals surface area contributed by atoms with Gasteiger partial charge in [-0.05, 0) is 12.5 Å². The van der Waals surface area contributed by atoms with Crippen LogP contribution in [0, 0.1) is 0 Å². The van der Waals surface area contributed by atoms with Gasteiger partial charge in [-0.2, -0.15) is 0 Å². The zero-order valence-electron chi connectivity index (χ0n) is 12.5. The van der Waals surface area contributed by atoms with Crippen LogP contribution in [0.4, 0.5) is 0 Å². The first kappa shape index (κ1) is 14.4. The van der Waals surface area contributed by atoms with Crippen LogP contribution in [-0.2, 0) is 6.42 Å². The Hall–Kier alpha value is -2.56. The molecule has 0 saturated carbocycles. The van der Waals surface area contributed by atoms with Gasteiger partial charge in [0.15, 0.2) is 0 Å². The quantitative estimate of drug-likeness (QED) is 0.912. The third-order valence-electron chi connectivity index (χ3n) is 3.94. The summed E-state index contributed by atoms with van der Waals surface area (Å²) in [7, 11) is 3.21. The number of hydrogen-bond acceptors (Lipinski definition) is 5. The van der Waals surface area contributed by atoms with Crippen molar-refractivity contribution in [3.05, 3.63) is 41.5 Å². The second-order valence-corrected chi connectivity index (χ2v) is 5.26. The fourth-order valence-corrected chi connectivity index (χ4v) is 2.80. The van der Waals surface area contributed by atoms with Crippen LogP contribution in [-0.4, -0.2) is 31.0 Å². The molecule has 0 aliphatic carbocycles. The molecular weight excluding hydrogens is 284 g/mol. The average molecular weight is 302 g/mol. The summed E-state index contributed by atoms with van der Waals surface area (Å²) in [5, 5.41) is 19.4. The molecule has 0 radical (unpaired) electrons. The summed E-state index contributed by atoms with van der Waals surface area (Å²) in [5.41, 5.74) is 1.70. The van der Waals surface area contributed by atoms with Crippen LogP contribution in [0.2, 0.25) is 0 Å². The van der Waals surface area contributed by atoms with E-state index in [9.17, 15) is 10.2 Å². The molecule has 2 aromatic carbocycles. The SMILES string of the molecule is COc1cc(OC)c2c(c1)OCC(c1ccc(O)cc1O)C2. The summed E-state index contributed by atoms with van der Waals surface area (Å²) >= 11 is 0. The largest absolute Gasteiger partial charge is 0.508 e. The number of benzene rings is 2. The van der Waals surface area contributed by atoms with E-state index < -0.39 is 0 Å². The Morgan fingerprint density at radius 3 is 2.59 bits per heavy atom. The van der Waals surface area contributed by atoms with Crippen molar-refractivity contribution in [2.75, 3.05) is 20.8 Å². The maximum absolute atomic E-state index is 10.0. The fourth-order valence-electron chi connectivity index (χ4n) is 2.80. The molecule has 5 nitrogen and oxygen atoms in total. The zero-order valence-corrected chi connectivity index (χ0v) is 12.5. The standard InChI is InChI=1S/C17H18O5/c1-20-12-7-16(21-2)14-5-10(9-22-17(14)8-12)13-4-3-11(18)6-15(13)19/h3-4,6-8,10,18-19H,5,9H2,1-2H3. The molecule has 0 saturated heterocycles. The van der Waals surface area contributed by atoms with Crippen LogP contribution >= 0.6 is 0 Å². The molecule has 0 amide bonds. The topological polar surface area (TPSA) is 68.2 Å². The van der Waals surface area contributed by atoms with Crippen LogP contribution < -0.4 is 14.2 Å². The van der Waals surface area contributed by atoms with E-state index in [-0.39, 0.29) is 17.4 Å². The minimum atomic E-state index is -0.00426. The number of fused-ring (bicyclic) bond motifs is 1. The number of hydrogen-bond donors (Lipinski definition) is 2. The van der Waals surface area contributed by atoms with Gasteiger partial charge in [-0.15, -0.1) is 0 Å². The smallest absolute Gasteiger partial charge is 0.129 e. The van der Waals surface area contributed by atoms with Crippen molar-refractivity contribution in [3.8, 4) is 28.7 Å². The first-order chi connectivity index (χ1) is 10.6. The molecule has 2 aromatic rings. The molecule has 3 rings (SSSR count). The minimum Gasteiger partial charge on any atom is -0.508 e. The molecule has 116 valence electrons. The zero-order chi connectivity index (χ0) is 15.7. The first-order valence-corrected chi connectivity index (χ1v) is 7.02. The summed E-state index contributed by atoms with van der Waals surface area (Å²) in [5.74, 6) is 2.24. The van der Waals surface area contributed by atoms with Gasteiger partial charge in [0, 0.05) is 35.2 Å². The monoisotopic (exact) mass is 302 g/mol. The number of phenolic OH excluding ortho intramolecular Hbond substituents is 2. The summed E-state index contributed by atoms with van der Waals surface area (Å²) in [6.45, 7) is 0.446. The normalized spacial score (nSPS) is 16.5. The van der Waals surface area contributed by atoms with Gasteiger partial charge in [-0.1, -0.05) is 6.07 Å². The van der Waals surface area contributed by atoms with Crippen molar-refractivity contribution < 1.29 is 24.4 Å². The number of rotatable bonds is 3. The molecule has 0 spiro atoms. The molecule has 1 heterocycles. The Morgan fingerprint density at radius 2 is 1.91 bits per heavy atom. The molecular formula is C17H18O5. The van der Waals surface area contributed by atoms with Crippen molar-refractivity contribution in [2.45, 2.75) is 12.3 Å². The lowest BCUT2D eigenvalue weighted by atomic mass is 9.89. The summed E-state index contributed by atoms with van der Waals surface area (Å²) in [6, 6.07) is 8.29. The highest BCUT2D eigenvalue weighted by molar-refractivity contribution is 5.53. The van der Waals surface area contributed by atoms with E-state index in [0.29, 0.717) is 24.5 Å². The van der Waals surface area contributed by atoms with E-state index in [2.05, 4.69) is 0 Å². The average Bonchev–Trinajstić information content (AvgIpc) is 2.53. The van der Waals surface area contributed by atoms with E-state index in [1.165, 1.54) is 6.07 Å². The molecule has 2 N–H and O–H groups in total. The van der Waals surface area contributed by atoms with Gasteiger partial charge in [-0.25, -0.2) is 0 Å². The Morgan fingerprint density at radius 1 is 1.09 bits per heavy atom. The summed E-state index contributed by atoms with van der Waals surface area (Å²) in [4.78, 5) is 0. The minimum absolute atomic E-state index is 0.00426. The number of methoxy groups -OCH3 is 2. The maximum Gasteiger partial charge on any atom is 0.129 e. The number of phenols is 2. The third kappa shape index (κ3) is 2.50. The van der Waals surface area contributed by atoms with E-state index in [1.807, 2.05) is 12.1 Å². The Balaban J connectivity index is 1.96. The van der Waals surface area contributed by atoms with Gasteiger partial charge in [0.2, 0.25) is 0 Å². The van der Waals surface area contributed by atoms with Crippen LogP contribution in [0.1, 0.15) is 17.0 Å². The molecule has 0 aromatic heterocycles. The van der Waals surface area contributed by atoms with E-state index in [4.69, 9.17) is 14.2 Å². The summed E-state index contributed by atoms with van der Waals surface area (Å²) < 4.78 is 16.5. The highest BCUT2D eigenvalue weighted by Gasteiger charge is 2.27. The van der Waals surface area contributed by atoms with E-state index in [1.54, 1.807) is 26.4 Å². The van der Waals surface area contributed by atoms with Gasteiger partial charge in [0.05, 0.1) is 20.8 Å². The maximum atomic E-state index is 10.0. The lowest BCUT2D eigenvalue weighted by Gasteiger charge is -2.27. The number of ether oxygens (including phenoxy) is 3. The third-order valence-corrected chi connectivity index (χ3v) is 3.94. The second-order valence-electron chi connectivity index (χ2n) is 5.26.